The maximum Gasteiger partial charge on any atom is 0.410 e. The molecule has 1 unspecified atom stereocenters. The number of oxime groups is 1. The summed E-state index contributed by atoms with van der Waals surface area (Å²) in [6, 6.07) is 11.4. The molecule has 2 aliphatic heterocycles. The number of nitrogens with one attached hydrogen (secondary N) is 1. The van der Waals surface area contributed by atoms with E-state index in [1.54, 1.807) is 11.0 Å². The van der Waals surface area contributed by atoms with Gasteiger partial charge in [0.05, 0.1) is 5.69 Å². The van der Waals surface area contributed by atoms with Crippen LogP contribution in [0.4, 0.5) is 15.5 Å². The molecule has 10 heteroatoms. The number of allylic oxidation sites excluding steroid dienone is 1. The third-order valence-corrected chi connectivity index (χ3v) is 6.63. The second-order valence-corrected chi connectivity index (χ2v) is 10.4. The molecule has 4 rings (SSSR count). The number of benzene rings is 1. The van der Waals surface area contributed by atoms with Crippen LogP contribution in [0.2, 0.25) is 0 Å². The number of thiophene rings is 1. The van der Waals surface area contributed by atoms with Gasteiger partial charge in [0.1, 0.15) is 39.4 Å². The monoisotopic (exact) mass is 493 g/mol. The molecule has 0 radical (unpaired) electrons. The lowest BCUT2D eigenvalue weighted by atomic mass is 10.0. The minimum atomic E-state index is -0.573. The number of carbonyl (C=O) groups is 2. The van der Waals surface area contributed by atoms with Crippen molar-refractivity contribution in [2.45, 2.75) is 38.8 Å². The highest BCUT2D eigenvalue weighted by atomic mass is 32.1. The van der Waals surface area contributed by atoms with Crippen LogP contribution in [0.1, 0.15) is 48.0 Å². The van der Waals surface area contributed by atoms with Gasteiger partial charge in [-0.15, -0.1) is 11.3 Å². The Morgan fingerprint density at radius 2 is 2.06 bits per heavy atom. The van der Waals surface area contributed by atoms with Crippen molar-refractivity contribution in [1.82, 2.24) is 4.90 Å². The topological polar surface area (TPSA) is 130 Å². The van der Waals surface area contributed by atoms with E-state index < -0.39 is 5.60 Å². The summed E-state index contributed by atoms with van der Waals surface area (Å²) in [5.41, 5.74) is 7.79. The van der Waals surface area contributed by atoms with Gasteiger partial charge in [-0.05, 0) is 33.3 Å². The number of ether oxygens (including phenoxy) is 1. The summed E-state index contributed by atoms with van der Waals surface area (Å²) in [7, 11) is 0. The van der Waals surface area contributed by atoms with Gasteiger partial charge in [0.15, 0.2) is 0 Å². The van der Waals surface area contributed by atoms with Crippen LogP contribution in [-0.2, 0) is 9.57 Å². The lowest BCUT2D eigenvalue weighted by Crippen LogP contribution is -2.36. The van der Waals surface area contributed by atoms with Crippen LogP contribution in [0.25, 0.3) is 0 Å². The van der Waals surface area contributed by atoms with Crippen molar-refractivity contribution in [3.8, 4) is 6.07 Å². The molecule has 1 aromatic carbocycles. The van der Waals surface area contributed by atoms with E-state index in [1.807, 2.05) is 51.1 Å². The van der Waals surface area contributed by atoms with Crippen molar-refractivity contribution in [2.75, 3.05) is 30.7 Å². The molecule has 35 heavy (non-hydrogen) atoms. The molecule has 1 atom stereocenters. The molecular weight excluding hydrogens is 466 g/mol. The zero-order chi connectivity index (χ0) is 25.2. The first-order valence-corrected chi connectivity index (χ1v) is 12.1. The van der Waals surface area contributed by atoms with Crippen molar-refractivity contribution in [2.24, 2.45) is 5.16 Å². The summed E-state index contributed by atoms with van der Waals surface area (Å²) in [6.07, 6.45) is 2.00. The average Bonchev–Trinajstić information content (AvgIpc) is 3.42. The summed E-state index contributed by atoms with van der Waals surface area (Å²) in [4.78, 5) is 32.9. The zero-order valence-electron chi connectivity index (χ0n) is 19.8. The van der Waals surface area contributed by atoms with E-state index in [-0.39, 0.29) is 40.7 Å². The quantitative estimate of drug-likeness (QED) is 0.598. The first-order valence-electron chi connectivity index (χ1n) is 11.2. The first kappa shape index (κ1) is 24.3. The Kier molecular flexibility index (Phi) is 6.80. The number of amides is 1. The van der Waals surface area contributed by atoms with Crippen LogP contribution in [0.15, 0.2) is 47.1 Å². The van der Waals surface area contributed by atoms with Crippen molar-refractivity contribution in [1.29, 1.82) is 5.26 Å². The number of nitriles is 1. The van der Waals surface area contributed by atoms with Gasteiger partial charge in [-0.1, -0.05) is 35.5 Å². The van der Waals surface area contributed by atoms with Gasteiger partial charge in [-0.2, -0.15) is 5.26 Å². The molecule has 0 aliphatic carbocycles. The molecule has 9 nitrogen and oxygen atoms in total. The second-order valence-electron chi connectivity index (χ2n) is 9.33. The van der Waals surface area contributed by atoms with E-state index in [4.69, 9.17) is 15.3 Å². The molecule has 2 aliphatic rings. The molecule has 0 spiro atoms. The number of likely N-dealkylation sites (tertiary alicyclic amines) is 1. The molecule has 1 amide bonds. The lowest BCUT2D eigenvalue weighted by Gasteiger charge is -2.24. The Morgan fingerprint density at radius 3 is 2.74 bits per heavy atom. The Morgan fingerprint density at radius 1 is 1.31 bits per heavy atom. The van der Waals surface area contributed by atoms with Gasteiger partial charge in [-0.3, -0.25) is 4.79 Å². The van der Waals surface area contributed by atoms with Crippen LogP contribution < -0.4 is 11.1 Å². The molecular formula is C25H27N5O4S. The third-order valence-electron chi connectivity index (χ3n) is 5.49. The maximum absolute atomic E-state index is 13.3. The molecule has 2 aromatic rings. The SMILES string of the molecule is CC(C)(C)OC(=O)N1CCC(Nc2sc(C(=O)C3=CC(c4ccccc4)=NOC3)c(N)c2C#N)C1. The van der Waals surface area contributed by atoms with Crippen molar-refractivity contribution < 1.29 is 19.2 Å². The molecule has 182 valence electrons. The summed E-state index contributed by atoms with van der Waals surface area (Å²) < 4.78 is 5.44. The molecule has 0 bridgehead atoms. The fraction of sp³-hybridized carbons (Fsp3) is 0.360. The minimum absolute atomic E-state index is 0.0185. The van der Waals surface area contributed by atoms with Gasteiger partial charge in [0.25, 0.3) is 0 Å². The van der Waals surface area contributed by atoms with E-state index in [9.17, 15) is 14.9 Å². The van der Waals surface area contributed by atoms with Gasteiger partial charge in [0, 0.05) is 30.3 Å². The molecule has 3 heterocycles. The van der Waals surface area contributed by atoms with Crippen LogP contribution in [0, 0.1) is 11.3 Å². The predicted molar refractivity (Wildman–Crippen MR) is 135 cm³/mol. The summed E-state index contributed by atoms with van der Waals surface area (Å²) in [5, 5.41) is 17.6. The van der Waals surface area contributed by atoms with Crippen molar-refractivity contribution in [3.63, 3.8) is 0 Å². The highest BCUT2D eigenvalue weighted by molar-refractivity contribution is 7.19. The van der Waals surface area contributed by atoms with E-state index in [0.29, 0.717) is 35.8 Å². The zero-order valence-corrected chi connectivity index (χ0v) is 20.6. The van der Waals surface area contributed by atoms with Crippen LogP contribution in [-0.4, -0.2) is 53.8 Å². The van der Waals surface area contributed by atoms with Crippen LogP contribution in [0.3, 0.4) is 0 Å². The molecule has 1 fully saturated rings. The van der Waals surface area contributed by atoms with Crippen LogP contribution >= 0.6 is 11.3 Å². The average molecular weight is 494 g/mol. The van der Waals surface area contributed by atoms with Gasteiger partial charge < -0.3 is 25.5 Å². The second kappa shape index (κ2) is 9.80. The van der Waals surface area contributed by atoms with E-state index >= 15 is 0 Å². The Bertz CT molecular complexity index is 1240. The summed E-state index contributed by atoms with van der Waals surface area (Å²) >= 11 is 1.14. The predicted octanol–water partition coefficient (Wildman–Crippen LogP) is 4.17. The van der Waals surface area contributed by atoms with Gasteiger partial charge in [-0.25, -0.2) is 4.79 Å². The normalized spacial score (nSPS) is 17.7. The smallest absolute Gasteiger partial charge is 0.410 e. The van der Waals surface area contributed by atoms with Crippen LogP contribution in [0.5, 0.6) is 0 Å². The Hall–Kier alpha value is -3.84. The Balaban J connectivity index is 1.50. The number of anilines is 2. The summed E-state index contributed by atoms with van der Waals surface area (Å²) in [6.45, 7) is 6.45. The van der Waals surface area contributed by atoms with E-state index in [0.717, 1.165) is 16.9 Å². The van der Waals surface area contributed by atoms with Crippen molar-refractivity contribution in [3.05, 3.63) is 58.0 Å². The largest absolute Gasteiger partial charge is 0.444 e. The van der Waals surface area contributed by atoms with E-state index in [2.05, 4.69) is 16.5 Å². The number of hydrogen-bond donors (Lipinski definition) is 2. The maximum atomic E-state index is 13.3. The molecule has 1 saturated heterocycles. The standard InChI is InChI=1S/C25H27N5O4S/c1-25(2,3)34-24(32)30-10-9-17(13-30)28-23-18(12-26)20(27)22(35-23)21(31)16-11-19(29-33-14-16)15-7-5-4-6-8-15/h4-8,11,17,28H,9-10,13-14,27H2,1-3H3. The highest BCUT2D eigenvalue weighted by Crippen LogP contribution is 2.38. The number of Topliss-reactive ketones (excluding diaryl/α,β-unsaturated/α-hetero) is 1. The first-order chi connectivity index (χ1) is 16.7. The number of rotatable bonds is 5. The number of nitrogens with two attached hydrogens (primary N) is 1. The Labute approximate surface area is 207 Å². The molecule has 0 saturated carbocycles. The fourth-order valence-corrected chi connectivity index (χ4v) is 4.93. The van der Waals surface area contributed by atoms with E-state index in [1.165, 1.54) is 0 Å². The fourth-order valence-electron chi connectivity index (χ4n) is 3.81. The number of nitrogens with zero attached hydrogens (tertiary/aromatic N) is 3. The third kappa shape index (κ3) is 5.46. The lowest BCUT2D eigenvalue weighted by molar-refractivity contribution is 0.0293. The number of carbonyl (C=O) groups excluding carboxylic acids is 2. The summed E-state index contributed by atoms with van der Waals surface area (Å²) in [5.74, 6) is -0.304. The number of ketones is 1. The number of hydrogen-bond acceptors (Lipinski definition) is 9. The molecule has 3 N–H and O–H groups in total. The number of nitrogen functional groups attached to an aromatic ring is 1. The van der Waals surface area contributed by atoms with Gasteiger partial charge in [0.2, 0.25) is 5.78 Å². The highest BCUT2D eigenvalue weighted by Gasteiger charge is 2.32. The molecule has 1 aromatic heterocycles. The van der Waals surface area contributed by atoms with Crippen molar-refractivity contribution >= 4 is 39.6 Å². The minimum Gasteiger partial charge on any atom is -0.444 e. The van der Waals surface area contributed by atoms with Gasteiger partial charge >= 0.3 is 6.09 Å².